The van der Waals surface area contributed by atoms with Crippen LogP contribution in [0.2, 0.25) is 5.02 Å². The van der Waals surface area contributed by atoms with Crippen molar-refractivity contribution in [2.75, 3.05) is 0 Å². The summed E-state index contributed by atoms with van der Waals surface area (Å²) in [5.74, 6) is 1.91. The number of amides is 1. The zero-order chi connectivity index (χ0) is 15.5. The topological polar surface area (TPSA) is 55.1 Å². The molecular weight excluding hydrogens is 300 g/mol. The second-order valence-electron chi connectivity index (χ2n) is 5.79. The first-order valence-corrected chi connectivity index (χ1v) is 8.00. The second-order valence-corrected chi connectivity index (χ2v) is 6.20. The lowest BCUT2D eigenvalue weighted by atomic mass is 10.2. The lowest BCUT2D eigenvalue weighted by Gasteiger charge is -2.11. The minimum absolute atomic E-state index is 0.0527. The zero-order valence-electron chi connectivity index (χ0n) is 12.5. The van der Waals surface area contributed by atoms with E-state index in [1.807, 2.05) is 24.3 Å². The van der Waals surface area contributed by atoms with Crippen LogP contribution in [0.1, 0.15) is 32.1 Å². The highest BCUT2D eigenvalue weighted by Crippen LogP contribution is 2.32. The molecule has 0 spiro atoms. The summed E-state index contributed by atoms with van der Waals surface area (Å²) in [4.78, 5) is 16.1. The average molecular weight is 319 g/mol. The van der Waals surface area contributed by atoms with Crippen LogP contribution in [0.3, 0.4) is 0 Å². The summed E-state index contributed by atoms with van der Waals surface area (Å²) in [6.45, 7) is 2.07. The summed E-state index contributed by atoms with van der Waals surface area (Å²) < 4.78 is 5.69. The van der Waals surface area contributed by atoms with Crippen molar-refractivity contribution in [1.29, 1.82) is 0 Å². The number of benzene rings is 1. The molecule has 116 valence electrons. The molecular formula is C17H19ClN2O2. The minimum atomic E-state index is 0.0527. The van der Waals surface area contributed by atoms with E-state index < -0.39 is 0 Å². The maximum Gasteiger partial charge on any atom is 0.220 e. The first-order chi connectivity index (χ1) is 10.6. The molecule has 1 heterocycles. The van der Waals surface area contributed by atoms with Gasteiger partial charge in [0.2, 0.25) is 5.91 Å². The van der Waals surface area contributed by atoms with Gasteiger partial charge in [0.05, 0.1) is 11.2 Å². The van der Waals surface area contributed by atoms with E-state index in [0.29, 0.717) is 35.4 Å². The van der Waals surface area contributed by atoms with Gasteiger partial charge in [-0.15, -0.1) is 0 Å². The van der Waals surface area contributed by atoms with E-state index in [1.54, 1.807) is 6.20 Å². The Morgan fingerprint density at radius 2 is 2.23 bits per heavy atom. The van der Waals surface area contributed by atoms with Crippen molar-refractivity contribution < 1.29 is 9.21 Å². The molecule has 0 radical (unpaired) electrons. The maximum absolute atomic E-state index is 11.9. The Hall–Kier alpha value is -1.81. The molecule has 1 unspecified atom stereocenters. The fraction of sp³-hybridized carbons (Fsp3) is 0.412. The van der Waals surface area contributed by atoms with Crippen LogP contribution in [-0.4, -0.2) is 16.9 Å². The molecule has 0 bridgehead atoms. The molecule has 1 aliphatic rings. The number of hydrogen-bond acceptors (Lipinski definition) is 3. The Labute approximate surface area is 134 Å². The third kappa shape index (κ3) is 3.69. The smallest absolute Gasteiger partial charge is 0.220 e. The predicted molar refractivity (Wildman–Crippen MR) is 85.6 cm³/mol. The van der Waals surface area contributed by atoms with Crippen molar-refractivity contribution in [2.45, 2.75) is 38.6 Å². The zero-order valence-corrected chi connectivity index (χ0v) is 13.3. The molecule has 1 fully saturated rings. The third-order valence-corrected chi connectivity index (χ3v) is 4.31. The molecule has 1 aliphatic carbocycles. The Kier molecular flexibility index (Phi) is 4.48. The van der Waals surface area contributed by atoms with Gasteiger partial charge in [-0.1, -0.05) is 23.7 Å². The van der Waals surface area contributed by atoms with Gasteiger partial charge in [-0.3, -0.25) is 4.79 Å². The first kappa shape index (κ1) is 15.1. The van der Waals surface area contributed by atoms with Gasteiger partial charge >= 0.3 is 0 Å². The Balaban J connectivity index is 1.55. The maximum atomic E-state index is 11.9. The largest absolute Gasteiger partial charge is 0.441 e. The number of hydrogen-bond donors (Lipinski definition) is 1. The number of nitrogens with one attached hydrogen (secondary N) is 1. The molecule has 3 rings (SSSR count). The third-order valence-electron chi connectivity index (χ3n) is 3.98. The number of halogens is 1. The quantitative estimate of drug-likeness (QED) is 0.880. The van der Waals surface area contributed by atoms with Gasteiger partial charge in [0.1, 0.15) is 0 Å². The molecule has 0 aliphatic heterocycles. The molecule has 1 amide bonds. The Bertz CT molecular complexity index is 664. The van der Waals surface area contributed by atoms with Gasteiger partial charge in [0.25, 0.3) is 0 Å². The van der Waals surface area contributed by atoms with Gasteiger partial charge in [-0.2, -0.15) is 0 Å². The highest BCUT2D eigenvalue weighted by atomic mass is 35.5. The summed E-state index contributed by atoms with van der Waals surface area (Å²) in [6, 6.07) is 7.74. The monoisotopic (exact) mass is 318 g/mol. The Morgan fingerprint density at radius 3 is 2.95 bits per heavy atom. The summed E-state index contributed by atoms with van der Waals surface area (Å²) in [5.41, 5.74) is 0.815. The number of oxazole rings is 1. The van der Waals surface area contributed by atoms with Crippen LogP contribution in [0.5, 0.6) is 0 Å². The van der Waals surface area contributed by atoms with E-state index in [4.69, 9.17) is 16.0 Å². The summed E-state index contributed by atoms with van der Waals surface area (Å²) >= 11 is 6.14. The lowest BCUT2D eigenvalue weighted by molar-refractivity contribution is -0.121. The molecule has 5 heteroatoms. The normalized spacial score (nSPS) is 15.5. The molecule has 1 aromatic carbocycles. The lowest BCUT2D eigenvalue weighted by Crippen LogP contribution is -2.34. The van der Waals surface area contributed by atoms with Gasteiger partial charge < -0.3 is 9.73 Å². The minimum Gasteiger partial charge on any atom is -0.441 e. The molecule has 22 heavy (non-hydrogen) atoms. The highest BCUT2D eigenvalue weighted by Gasteiger charge is 2.28. The summed E-state index contributed by atoms with van der Waals surface area (Å²) in [5, 5.41) is 3.66. The molecule has 2 aromatic rings. The van der Waals surface area contributed by atoms with Crippen molar-refractivity contribution in [2.24, 2.45) is 5.92 Å². The van der Waals surface area contributed by atoms with Crippen LogP contribution in [0.25, 0.3) is 11.3 Å². The van der Waals surface area contributed by atoms with Crippen molar-refractivity contribution in [3.63, 3.8) is 0 Å². The second kappa shape index (κ2) is 6.53. The van der Waals surface area contributed by atoms with E-state index in [-0.39, 0.29) is 11.9 Å². The van der Waals surface area contributed by atoms with Crippen molar-refractivity contribution in [3.8, 4) is 11.3 Å². The van der Waals surface area contributed by atoms with E-state index in [0.717, 1.165) is 5.56 Å². The Morgan fingerprint density at radius 1 is 1.45 bits per heavy atom. The standard InChI is InChI=1S/C17H19ClN2O2/c1-11(12-6-7-12)20-16(21)8-9-17-19-10-15(22-17)13-4-2-3-5-14(13)18/h2-5,10-12H,6-9H2,1H3,(H,20,21). The summed E-state index contributed by atoms with van der Waals surface area (Å²) in [7, 11) is 0. The van der Waals surface area contributed by atoms with Crippen molar-refractivity contribution in [1.82, 2.24) is 10.3 Å². The average Bonchev–Trinajstić information content (AvgIpc) is 3.25. The van der Waals surface area contributed by atoms with Crippen LogP contribution in [-0.2, 0) is 11.2 Å². The summed E-state index contributed by atoms with van der Waals surface area (Å²) in [6.07, 6.45) is 4.99. The number of rotatable bonds is 6. The predicted octanol–water partition coefficient (Wildman–Crippen LogP) is 3.84. The van der Waals surface area contributed by atoms with E-state index >= 15 is 0 Å². The fourth-order valence-electron chi connectivity index (χ4n) is 2.47. The molecule has 4 nitrogen and oxygen atoms in total. The van der Waals surface area contributed by atoms with E-state index in [2.05, 4.69) is 17.2 Å². The van der Waals surface area contributed by atoms with Crippen LogP contribution >= 0.6 is 11.6 Å². The van der Waals surface area contributed by atoms with Gasteiger partial charge in [0, 0.05) is 24.4 Å². The molecule has 1 N–H and O–H groups in total. The van der Waals surface area contributed by atoms with Crippen LogP contribution in [0.15, 0.2) is 34.9 Å². The van der Waals surface area contributed by atoms with E-state index in [1.165, 1.54) is 12.8 Å². The van der Waals surface area contributed by atoms with Gasteiger partial charge in [-0.05, 0) is 37.8 Å². The van der Waals surface area contributed by atoms with Gasteiger partial charge in [-0.25, -0.2) is 4.98 Å². The van der Waals surface area contributed by atoms with Crippen LogP contribution in [0, 0.1) is 5.92 Å². The first-order valence-electron chi connectivity index (χ1n) is 7.62. The number of nitrogens with zero attached hydrogens (tertiary/aromatic N) is 1. The molecule has 1 saturated carbocycles. The number of aromatic nitrogens is 1. The van der Waals surface area contributed by atoms with Crippen molar-refractivity contribution in [3.05, 3.63) is 41.4 Å². The number of carbonyl (C=O) groups is 1. The highest BCUT2D eigenvalue weighted by molar-refractivity contribution is 6.33. The fourth-order valence-corrected chi connectivity index (χ4v) is 2.70. The molecule has 1 aromatic heterocycles. The molecule has 1 atom stereocenters. The van der Waals surface area contributed by atoms with Crippen LogP contribution in [0.4, 0.5) is 0 Å². The van der Waals surface area contributed by atoms with Crippen molar-refractivity contribution >= 4 is 17.5 Å². The van der Waals surface area contributed by atoms with Gasteiger partial charge in [0.15, 0.2) is 11.7 Å². The van der Waals surface area contributed by atoms with Crippen LogP contribution < -0.4 is 5.32 Å². The molecule has 0 saturated heterocycles. The van der Waals surface area contributed by atoms with E-state index in [9.17, 15) is 4.79 Å². The number of carbonyl (C=O) groups excluding carboxylic acids is 1. The number of aryl methyl sites for hydroxylation is 1. The SMILES string of the molecule is CC(NC(=O)CCc1ncc(-c2ccccc2Cl)o1)C1CC1.